The van der Waals surface area contributed by atoms with Gasteiger partial charge >= 0.3 is 6.18 Å². The van der Waals surface area contributed by atoms with Crippen LogP contribution >= 0.6 is 0 Å². The summed E-state index contributed by atoms with van der Waals surface area (Å²) in [6.07, 6.45) is 4.29. The highest BCUT2D eigenvalue weighted by Crippen LogP contribution is 2.32. The average Bonchev–Trinajstić information content (AvgIpc) is 2.98. The first-order chi connectivity index (χ1) is 19.8. The van der Waals surface area contributed by atoms with E-state index in [9.17, 15) is 18.0 Å². The third kappa shape index (κ3) is 7.58. The summed E-state index contributed by atoms with van der Waals surface area (Å²) in [4.78, 5) is 18.6. The molecule has 2 aromatic carbocycles. The standard InChI is InChI=1S/C32H38F3N5O/c1-36-31(41)19-22-6-4-7-23(18-22)24-15-16-37-30(20-24)39-29-10-3-2-9-28(29)38-26-8-5-17-40(21-26)27-13-11-25(12-14-27)32(33,34)35/h4,6-7,11-16,18,20,26,28-29,38H,2-3,5,8-10,17,19,21H2,1H3,(H,36,41)(H,37,39)/t26-,28+,29+/m0/s1. The molecule has 1 aromatic heterocycles. The van der Waals surface area contributed by atoms with Gasteiger partial charge in [0.15, 0.2) is 0 Å². The van der Waals surface area contributed by atoms with Gasteiger partial charge < -0.3 is 20.9 Å². The molecule has 0 unspecified atom stereocenters. The van der Waals surface area contributed by atoms with Crippen molar-refractivity contribution in [3.63, 3.8) is 0 Å². The van der Waals surface area contributed by atoms with Crippen molar-refractivity contribution in [3.8, 4) is 11.1 Å². The van der Waals surface area contributed by atoms with E-state index in [0.29, 0.717) is 6.42 Å². The molecule has 6 nitrogen and oxygen atoms in total. The molecule has 9 heteroatoms. The van der Waals surface area contributed by atoms with Crippen molar-refractivity contribution in [2.45, 2.75) is 69.2 Å². The van der Waals surface area contributed by atoms with E-state index in [0.717, 1.165) is 79.8 Å². The van der Waals surface area contributed by atoms with Gasteiger partial charge in [0.1, 0.15) is 5.82 Å². The van der Waals surface area contributed by atoms with Crippen molar-refractivity contribution in [2.24, 2.45) is 0 Å². The van der Waals surface area contributed by atoms with E-state index >= 15 is 0 Å². The molecule has 1 saturated carbocycles. The molecule has 2 heterocycles. The summed E-state index contributed by atoms with van der Waals surface area (Å²) in [7, 11) is 1.64. The van der Waals surface area contributed by atoms with Gasteiger partial charge in [0.05, 0.1) is 12.0 Å². The van der Waals surface area contributed by atoms with Crippen LogP contribution in [0.4, 0.5) is 24.7 Å². The molecule has 3 aromatic rings. The largest absolute Gasteiger partial charge is 0.416 e. The van der Waals surface area contributed by atoms with Crippen LogP contribution in [0.25, 0.3) is 11.1 Å². The van der Waals surface area contributed by atoms with E-state index in [-0.39, 0.29) is 24.0 Å². The molecule has 218 valence electrons. The minimum absolute atomic E-state index is 0.0180. The third-order valence-corrected chi connectivity index (χ3v) is 8.19. The number of piperidine rings is 1. The lowest BCUT2D eigenvalue weighted by Gasteiger charge is -2.40. The van der Waals surface area contributed by atoms with Crippen LogP contribution < -0.4 is 20.9 Å². The summed E-state index contributed by atoms with van der Waals surface area (Å²) in [6, 6.07) is 18.4. The molecule has 2 fully saturated rings. The van der Waals surface area contributed by atoms with Gasteiger partial charge in [-0.1, -0.05) is 37.1 Å². The SMILES string of the molecule is CNC(=O)Cc1cccc(-c2ccnc(N[C@@H]3CCCC[C@H]3N[C@H]3CCCN(c4ccc(C(F)(F)F)cc4)C3)c2)c1. The monoisotopic (exact) mass is 565 g/mol. The Morgan fingerprint density at radius 3 is 2.46 bits per heavy atom. The number of hydrogen-bond acceptors (Lipinski definition) is 5. The number of carbonyl (C=O) groups is 1. The number of hydrogen-bond donors (Lipinski definition) is 3. The molecule has 1 amide bonds. The third-order valence-electron chi connectivity index (χ3n) is 8.19. The van der Waals surface area contributed by atoms with E-state index < -0.39 is 11.7 Å². The van der Waals surface area contributed by atoms with Crippen LogP contribution in [-0.4, -0.2) is 49.2 Å². The first-order valence-electron chi connectivity index (χ1n) is 14.5. The number of rotatable bonds is 8. The molecule has 3 atom stereocenters. The molecule has 0 bridgehead atoms. The number of alkyl halides is 3. The fourth-order valence-corrected chi connectivity index (χ4v) is 6.03. The summed E-state index contributed by atoms with van der Waals surface area (Å²) in [6.45, 7) is 1.62. The first-order valence-corrected chi connectivity index (χ1v) is 14.5. The van der Waals surface area contributed by atoms with Crippen molar-refractivity contribution in [1.29, 1.82) is 0 Å². The quantitative estimate of drug-likeness (QED) is 0.311. The topological polar surface area (TPSA) is 69.3 Å². The summed E-state index contributed by atoms with van der Waals surface area (Å²) in [5.41, 5.74) is 3.27. The Morgan fingerprint density at radius 2 is 1.71 bits per heavy atom. The van der Waals surface area contributed by atoms with E-state index in [1.807, 2.05) is 36.5 Å². The van der Waals surface area contributed by atoms with Crippen molar-refractivity contribution < 1.29 is 18.0 Å². The van der Waals surface area contributed by atoms with E-state index in [4.69, 9.17) is 0 Å². The molecule has 1 saturated heterocycles. The zero-order chi connectivity index (χ0) is 28.8. The van der Waals surface area contributed by atoms with Crippen molar-refractivity contribution in [1.82, 2.24) is 15.6 Å². The molecule has 1 aliphatic carbocycles. The average molecular weight is 566 g/mol. The second-order valence-corrected chi connectivity index (χ2v) is 11.1. The Bertz CT molecular complexity index is 1310. The number of pyridine rings is 1. The zero-order valence-corrected chi connectivity index (χ0v) is 23.4. The van der Waals surface area contributed by atoms with Gasteiger partial charge in [-0.3, -0.25) is 4.79 Å². The Balaban J connectivity index is 1.23. The maximum absolute atomic E-state index is 13.0. The zero-order valence-electron chi connectivity index (χ0n) is 23.4. The van der Waals surface area contributed by atoms with Crippen LogP contribution in [0.15, 0.2) is 66.9 Å². The minimum Gasteiger partial charge on any atom is -0.370 e. The molecular formula is C32H38F3N5O. The van der Waals surface area contributed by atoms with Gasteiger partial charge in [0, 0.05) is 50.1 Å². The number of carbonyl (C=O) groups excluding carboxylic acids is 1. The summed E-state index contributed by atoms with van der Waals surface area (Å²) >= 11 is 0. The van der Waals surface area contributed by atoms with E-state index in [2.05, 4.69) is 31.9 Å². The van der Waals surface area contributed by atoms with Gasteiger partial charge in [-0.05, 0) is 78.8 Å². The fraction of sp³-hybridized carbons (Fsp3) is 0.438. The molecule has 2 aliphatic rings. The van der Waals surface area contributed by atoms with Gasteiger partial charge in [0.25, 0.3) is 0 Å². The number of nitrogens with one attached hydrogen (secondary N) is 3. The number of likely N-dealkylation sites (N-methyl/N-ethyl adjacent to an activating group) is 1. The van der Waals surface area contributed by atoms with E-state index in [1.165, 1.54) is 12.1 Å². The van der Waals surface area contributed by atoms with Crippen LogP contribution in [0.5, 0.6) is 0 Å². The normalized spacial score (nSPS) is 21.4. The molecule has 1 aliphatic heterocycles. The lowest BCUT2D eigenvalue weighted by molar-refractivity contribution is -0.137. The Labute approximate surface area is 239 Å². The predicted molar refractivity (Wildman–Crippen MR) is 157 cm³/mol. The van der Waals surface area contributed by atoms with Crippen LogP contribution in [0.2, 0.25) is 0 Å². The van der Waals surface area contributed by atoms with Gasteiger partial charge in [-0.25, -0.2) is 4.98 Å². The highest BCUT2D eigenvalue weighted by atomic mass is 19.4. The highest BCUT2D eigenvalue weighted by Gasteiger charge is 2.32. The van der Waals surface area contributed by atoms with E-state index in [1.54, 1.807) is 19.2 Å². The fourth-order valence-electron chi connectivity index (χ4n) is 6.03. The number of nitrogens with zero attached hydrogens (tertiary/aromatic N) is 2. The Morgan fingerprint density at radius 1 is 0.951 bits per heavy atom. The Kier molecular flexibility index (Phi) is 9.12. The number of benzene rings is 2. The van der Waals surface area contributed by atoms with Crippen molar-refractivity contribution >= 4 is 17.4 Å². The van der Waals surface area contributed by atoms with Gasteiger partial charge in [-0.15, -0.1) is 0 Å². The predicted octanol–water partition coefficient (Wildman–Crippen LogP) is 6.04. The lowest BCUT2D eigenvalue weighted by atomic mass is 9.89. The maximum atomic E-state index is 13.0. The van der Waals surface area contributed by atoms with Crippen LogP contribution in [-0.2, 0) is 17.4 Å². The molecule has 5 rings (SSSR count). The number of anilines is 2. The lowest BCUT2D eigenvalue weighted by Crippen LogP contribution is -2.55. The van der Waals surface area contributed by atoms with Gasteiger partial charge in [0.2, 0.25) is 5.91 Å². The first kappa shape index (κ1) is 28.9. The summed E-state index contributed by atoms with van der Waals surface area (Å²) in [5, 5.41) is 10.3. The number of amides is 1. The molecule has 0 radical (unpaired) electrons. The molecule has 3 N–H and O–H groups in total. The van der Waals surface area contributed by atoms with Gasteiger partial charge in [-0.2, -0.15) is 13.2 Å². The smallest absolute Gasteiger partial charge is 0.370 e. The number of aromatic nitrogens is 1. The number of halogens is 3. The Hall–Kier alpha value is -3.59. The van der Waals surface area contributed by atoms with Crippen LogP contribution in [0.1, 0.15) is 49.7 Å². The molecule has 0 spiro atoms. The minimum atomic E-state index is -4.32. The van der Waals surface area contributed by atoms with Crippen LogP contribution in [0, 0.1) is 0 Å². The summed E-state index contributed by atoms with van der Waals surface area (Å²) < 4.78 is 39.0. The molecular weight excluding hydrogens is 527 g/mol. The summed E-state index contributed by atoms with van der Waals surface area (Å²) in [5.74, 6) is 0.809. The second-order valence-electron chi connectivity index (χ2n) is 11.1. The van der Waals surface area contributed by atoms with Crippen molar-refractivity contribution in [2.75, 3.05) is 30.4 Å². The van der Waals surface area contributed by atoms with Crippen molar-refractivity contribution in [3.05, 3.63) is 78.0 Å². The van der Waals surface area contributed by atoms with Crippen LogP contribution in [0.3, 0.4) is 0 Å². The molecule has 41 heavy (non-hydrogen) atoms. The maximum Gasteiger partial charge on any atom is 0.416 e. The highest BCUT2D eigenvalue weighted by molar-refractivity contribution is 5.79. The second kappa shape index (κ2) is 12.9.